The summed E-state index contributed by atoms with van der Waals surface area (Å²) in [5.41, 5.74) is 0.622. The van der Waals surface area contributed by atoms with Gasteiger partial charge in [-0.25, -0.2) is 9.59 Å². The Labute approximate surface area is 247 Å². The van der Waals surface area contributed by atoms with E-state index in [4.69, 9.17) is 55.9 Å². The molecule has 1 aromatic carbocycles. The number of hydrogen-bond acceptors (Lipinski definition) is 8. The van der Waals surface area contributed by atoms with Crippen LogP contribution in [0.4, 0.5) is 5.00 Å². The van der Waals surface area contributed by atoms with Crippen molar-refractivity contribution in [3.63, 3.8) is 0 Å². The van der Waals surface area contributed by atoms with Crippen molar-refractivity contribution in [3.8, 4) is 0 Å². The van der Waals surface area contributed by atoms with Crippen LogP contribution in [0.3, 0.4) is 0 Å². The van der Waals surface area contributed by atoms with E-state index in [1.54, 1.807) is 6.92 Å². The molecule has 0 unspecified atom stereocenters. The number of halogens is 4. The average molecular weight is 636 g/mol. The zero-order valence-corrected chi connectivity index (χ0v) is 24.8. The van der Waals surface area contributed by atoms with E-state index in [0.717, 1.165) is 23.3 Å². The molecule has 208 valence electrons. The molecule has 1 aliphatic heterocycles. The molecule has 0 fully saturated rings. The van der Waals surface area contributed by atoms with Gasteiger partial charge in [0.05, 0.1) is 43.4 Å². The number of nitrogens with zero attached hydrogens (tertiary/aromatic N) is 1. The van der Waals surface area contributed by atoms with Crippen LogP contribution in [0.1, 0.15) is 68.7 Å². The van der Waals surface area contributed by atoms with Crippen molar-refractivity contribution in [2.24, 2.45) is 5.92 Å². The quantitative estimate of drug-likeness (QED) is 0.176. The fourth-order valence-electron chi connectivity index (χ4n) is 4.50. The summed E-state index contributed by atoms with van der Waals surface area (Å²) in [4.78, 5) is 65.7. The molecule has 2 aromatic rings. The molecule has 3 amide bonds. The Balaban J connectivity index is 1.46. The minimum absolute atomic E-state index is 0.176. The third kappa shape index (κ3) is 5.37. The Kier molecular flexibility index (Phi) is 8.82. The van der Waals surface area contributed by atoms with E-state index in [0.29, 0.717) is 27.8 Å². The minimum Gasteiger partial charge on any atom is -0.462 e. The number of carbonyl (C=O) groups excluding carboxylic acids is 5. The monoisotopic (exact) mass is 634 g/mol. The van der Waals surface area contributed by atoms with Crippen molar-refractivity contribution in [2.75, 3.05) is 18.5 Å². The first kappa shape index (κ1) is 29.6. The number of benzene rings is 1. The molecule has 1 aliphatic carbocycles. The predicted molar refractivity (Wildman–Crippen MR) is 147 cm³/mol. The van der Waals surface area contributed by atoms with Gasteiger partial charge in [0.25, 0.3) is 17.7 Å². The number of thiophene rings is 1. The maximum Gasteiger partial charge on any atom is 0.341 e. The van der Waals surface area contributed by atoms with Gasteiger partial charge in [-0.15, -0.1) is 11.3 Å². The van der Waals surface area contributed by atoms with Gasteiger partial charge in [0.1, 0.15) is 11.0 Å². The van der Waals surface area contributed by atoms with E-state index in [2.05, 4.69) is 12.2 Å². The van der Waals surface area contributed by atoms with Crippen LogP contribution in [0.5, 0.6) is 0 Å². The molecule has 0 bridgehead atoms. The molecule has 1 N–H and O–H groups in total. The standard InChI is InChI=1S/C25H22Cl4N2O7S/c1-4-37-25(36)14-11-6-5-9(2)7-12(11)39-21(14)30-13(32)8-38-24(35)10(3)31-22(33)15-16(23(31)34)18(27)20(29)19(28)17(15)26/h9-10H,4-8H2,1-3H3,(H,30,32)/t9-,10-/m1/s1. The smallest absolute Gasteiger partial charge is 0.341 e. The lowest BCUT2D eigenvalue weighted by atomic mass is 9.88. The fourth-order valence-corrected chi connectivity index (χ4v) is 6.93. The van der Waals surface area contributed by atoms with Gasteiger partial charge in [-0.3, -0.25) is 19.3 Å². The van der Waals surface area contributed by atoms with Gasteiger partial charge in [-0.1, -0.05) is 53.3 Å². The molecule has 0 radical (unpaired) electrons. The first-order chi connectivity index (χ1) is 18.4. The lowest BCUT2D eigenvalue weighted by Crippen LogP contribution is -2.44. The Bertz CT molecular complexity index is 1380. The van der Waals surface area contributed by atoms with Crippen molar-refractivity contribution in [1.82, 2.24) is 4.90 Å². The number of amides is 3. The molecule has 0 saturated heterocycles. The second-order valence-corrected chi connectivity index (χ2v) is 11.7. The van der Waals surface area contributed by atoms with Crippen LogP contribution >= 0.6 is 57.7 Å². The molecule has 2 heterocycles. The Morgan fingerprint density at radius 1 is 1.03 bits per heavy atom. The van der Waals surface area contributed by atoms with Crippen molar-refractivity contribution >= 4 is 92.4 Å². The third-order valence-corrected chi connectivity index (χ3v) is 9.42. The Morgan fingerprint density at radius 3 is 2.18 bits per heavy atom. The summed E-state index contributed by atoms with van der Waals surface area (Å²) in [6, 6.07) is -1.43. The summed E-state index contributed by atoms with van der Waals surface area (Å²) in [5, 5.41) is 2.00. The summed E-state index contributed by atoms with van der Waals surface area (Å²) in [5.74, 6) is -3.66. The van der Waals surface area contributed by atoms with Gasteiger partial charge in [0.15, 0.2) is 6.61 Å². The summed E-state index contributed by atoms with van der Waals surface area (Å²) in [6.07, 6.45) is 2.37. The topological polar surface area (TPSA) is 119 Å². The first-order valence-corrected chi connectivity index (χ1v) is 14.2. The fraction of sp³-hybridized carbons (Fsp3) is 0.400. The molecule has 1 aromatic heterocycles. The molecule has 2 atom stereocenters. The molecule has 4 rings (SSSR count). The first-order valence-electron chi connectivity index (χ1n) is 11.9. The maximum atomic E-state index is 13.0. The maximum absolute atomic E-state index is 13.0. The van der Waals surface area contributed by atoms with Crippen LogP contribution in [0.25, 0.3) is 0 Å². The van der Waals surface area contributed by atoms with E-state index in [1.165, 1.54) is 18.3 Å². The predicted octanol–water partition coefficient (Wildman–Crippen LogP) is 5.83. The number of ether oxygens (including phenoxy) is 2. The van der Waals surface area contributed by atoms with Crippen molar-refractivity contribution in [2.45, 2.75) is 46.1 Å². The van der Waals surface area contributed by atoms with Gasteiger partial charge in [-0.2, -0.15) is 0 Å². The van der Waals surface area contributed by atoms with Crippen LogP contribution < -0.4 is 5.32 Å². The highest BCUT2D eigenvalue weighted by Crippen LogP contribution is 2.45. The molecule has 14 heteroatoms. The van der Waals surface area contributed by atoms with Crippen molar-refractivity contribution in [3.05, 3.63) is 47.2 Å². The second kappa shape index (κ2) is 11.6. The zero-order chi connectivity index (χ0) is 28.8. The van der Waals surface area contributed by atoms with E-state index in [-0.39, 0.29) is 37.8 Å². The second-order valence-electron chi connectivity index (χ2n) is 9.09. The molecular weight excluding hydrogens is 614 g/mol. The van der Waals surface area contributed by atoms with Crippen LogP contribution in [-0.4, -0.2) is 53.8 Å². The number of nitrogens with one attached hydrogen (secondary N) is 1. The van der Waals surface area contributed by atoms with Crippen molar-refractivity contribution in [1.29, 1.82) is 0 Å². The lowest BCUT2D eigenvalue weighted by molar-refractivity contribution is -0.150. The highest BCUT2D eigenvalue weighted by atomic mass is 35.5. The van der Waals surface area contributed by atoms with Crippen LogP contribution in [-0.2, 0) is 31.9 Å². The summed E-state index contributed by atoms with van der Waals surface area (Å²) < 4.78 is 10.3. The highest BCUT2D eigenvalue weighted by molar-refractivity contribution is 7.17. The van der Waals surface area contributed by atoms with Gasteiger partial charge in [-0.05, 0) is 44.6 Å². The zero-order valence-electron chi connectivity index (χ0n) is 20.9. The molecule has 2 aliphatic rings. The van der Waals surface area contributed by atoms with Gasteiger partial charge < -0.3 is 14.8 Å². The lowest BCUT2D eigenvalue weighted by Gasteiger charge is -2.20. The molecule has 9 nitrogen and oxygen atoms in total. The number of imide groups is 1. The van der Waals surface area contributed by atoms with Crippen molar-refractivity contribution < 1.29 is 33.4 Å². The van der Waals surface area contributed by atoms with Crippen LogP contribution in [0, 0.1) is 5.92 Å². The number of hydrogen-bond donors (Lipinski definition) is 1. The van der Waals surface area contributed by atoms with Crippen LogP contribution in [0.2, 0.25) is 20.1 Å². The van der Waals surface area contributed by atoms with Gasteiger partial charge >= 0.3 is 11.9 Å². The molecule has 39 heavy (non-hydrogen) atoms. The SMILES string of the molecule is CCOC(=O)c1c(NC(=O)COC(=O)[C@@H](C)N2C(=O)c3c(Cl)c(Cl)c(Cl)c(Cl)c3C2=O)sc2c1CC[C@@H](C)C2. The molecule has 0 spiro atoms. The molecule has 0 saturated carbocycles. The summed E-state index contributed by atoms with van der Waals surface area (Å²) in [7, 11) is 0. The Morgan fingerprint density at radius 2 is 1.62 bits per heavy atom. The normalized spacial score (nSPS) is 17.0. The number of carbonyl (C=O) groups is 5. The Hall–Kier alpha value is -2.37. The van der Waals surface area contributed by atoms with Gasteiger partial charge in [0.2, 0.25) is 0 Å². The van der Waals surface area contributed by atoms with Crippen LogP contribution in [0.15, 0.2) is 0 Å². The largest absolute Gasteiger partial charge is 0.462 e. The number of fused-ring (bicyclic) bond motifs is 2. The third-order valence-electron chi connectivity index (χ3n) is 6.45. The van der Waals surface area contributed by atoms with E-state index < -0.39 is 42.3 Å². The summed E-state index contributed by atoms with van der Waals surface area (Å²) in [6.45, 7) is 4.50. The number of anilines is 1. The average Bonchev–Trinajstić information content (AvgIpc) is 3.37. The number of rotatable bonds is 7. The van der Waals surface area contributed by atoms with E-state index >= 15 is 0 Å². The van der Waals surface area contributed by atoms with Gasteiger partial charge in [0, 0.05) is 4.88 Å². The summed E-state index contributed by atoms with van der Waals surface area (Å²) >= 11 is 25.6. The highest BCUT2D eigenvalue weighted by Gasteiger charge is 2.46. The minimum atomic E-state index is -1.43. The van der Waals surface area contributed by atoms with E-state index in [9.17, 15) is 24.0 Å². The molecular formula is C25H22Cl4N2O7S. The van der Waals surface area contributed by atoms with E-state index in [1.807, 2.05) is 0 Å². The number of esters is 2.